The van der Waals surface area contributed by atoms with Crippen LogP contribution in [0.4, 0.5) is 0 Å². The van der Waals surface area contributed by atoms with E-state index in [9.17, 15) is 4.79 Å². The molecular formula is C21H23N3O3S. The van der Waals surface area contributed by atoms with Gasteiger partial charge >= 0.3 is 0 Å². The van der Waals surface area contributed by atoms with Crippen molar-refractivity contribution in [2.24, 2.45) is 0 Å². The molecule has 0 atom stereocenters. The Labute approximate surface area is 167 Å². The number of rotatable bonds is 6. The van der Waals surface area contributed by atoms with Gasteiger partial charge in [-0.1, -0.05) is 42.6 Å². The molecule has 4 rings (SSSR count). The first-order valence-corrected chi connectivity index (χ1v) is 10.4. The highest BCUT2D eigenvalue weighted by Crippen LogP contribution is 2.37. The van der Waals surface area contributed by atoms with E-state index >= 15 is 0 Å². The molecular weight excluding hydrogens is 374 g/mol. The number of thiophene rings is 1. The summed E-state index contributed by atoms with van der Waals surface area (Å²) in [4.78, 5) is 17.5. The summed E-state index contributed by atoms with van der Waals surface area (Å²) in [5.41, 5.74) is 1.20. The van der Waals surface area contributed by atoms with Crippen LogP contribution in [0.25, 0.3) is 11.4 Å². The molecule has 1 aromatic carbocycles. The van der Waals surface area contributed by atoms with Gasteiger partial charge in [0.2, 0.25) is 11.7 Å². The first-order chi connectivity index (χ1) is 13.7. The minimum Gasteiger partial charge on any atom is -0.496 e. The second-order valence-electron chi connectivity index (χ2n) is 7.11. The molecule has 1 fully saturated rings. The highest BCUT2D eigenvalue weighted by molar-refractivity contribution is 7.08. The Bertz CT molecular complexity index is 930. The molecule has 0 bridgehead atoms. The number of nitrogens with zero attached hydrogens (tertiary/aromatic N) is 2. The lowest BCUT2D eigenvalue weighted by molar-refractivity contribution is -0.123. The lowest BCUT2D eigenvalue weighted by atomic mass is 9.81. The van der Waals surface area contributed by atoms with Gasteiger partial charge in [-0.05, 0) is 30.4 Å². The van der Waals surface area contributed by atoms with Crippen molar-refractivity contribution in [1.29, 1.82) is 0 Å². The van der Waals surface area contributed by atoms with Crippen LogP contribution in [0, 0.1) is 0 Å². The molecule has 1 saturated carbocycles. The van der Waals surface area contributed by atoms with Crippen molar-refractivity contribution in [2.75, 3.05) is 7.11 Å². The molecule has 2 heterocycles. The molecule has 146 valence electrons. The fourth-order valence-corrected chi connectivity index (χ4v) is 4.44. The second kappa shape index (κ2) is 8.14. The van der Waals surface area contributed by atoms with Crippen molar-refractivity contribution in [3.8, 4) is 17.1 Å². The summed E-state index contributed by atoms with van der Waals surface area (Å²) in [5.74, 6) is 1.72. The highest BCUT2D eigenvalue weighted by Gasteiger charge is 2.40. The van der Waals surface area contributed by atoms with Crippen LogP contribution >= 0.6 is 11.3 Å². The molecule has 1 N–H and O–H groups in total. The van der Waals surface area contributed by atoms with E-state index in [-0.39, 0.29) is 12.3 Å². The van der Waals surface area contributed by atoms with Gasteiger partial charge in [-0.15, -0.1) is 0 Å². The maximum Gasteiger partial charge on any atom is 0.252 e. The van der Waals surface area contributed by atoms with Crippen LogP contribution in [-0.2, 0) is 16.8 Å². The molecule has 0 spiro atoms. The van der Waals surface area contributed by atoms with E-state index in [4.69, 9.17) is 9.26 Å². The first-order valence-electron chi connectivity index (χ1n) is 9.50. The van der Waals surface area contributed by atoms with Crippen LogP contribution in [0.5, 0.6) is 5.75 Å². The van der Waals surface area contributed by atoms with Crippen molar-refractivity contribution in [3.63, 3.8) is 0 Å². The minimum absolute atomic E-state index is 0.0679. The smallest absolute Gasteiger partial charge is 0.252 e. The minimum atomic E-state index is -0.599. The zero-order valence-corrected chi connectivity index (χ0v) is 16.6. The van der Waals surface area contributed by atoms with Gasteiger partial charge in [0.1, 0.15) is 11.3 Å². The fraction of sp³-hybridized carbons (Fsp3) is 0.381. The van der Waals surface area contributed by atoms with Crippen molar-refractivity contribution < 1.29 is 14.1 Å². The van der Waals surface area contributed by atoms with Gasteiger partial charge in [0.05, 0.1) is 13.5 Å². The number of methoxy groups -OCH3 is 1. The lowest BCUT2D eigenvalue weighted by Gasteiger charge is -2.34. The van der Waals surface area contributed by atoms with Gasteiger partial charge in [-0.2, -0.15) is 16.3 Å². The summed E-state index contributed by atoms with van der Waals surface area (Å²) >= 11 is 1.59. The predicted octanol–water partition coefficient (Wildman–Crippen LogP) is 4.33. The van der Waals surface area contributed by atoms with Gasteiger partial charge < -0.3 is 14.6 Å². The molecule has 0 radical (unpaired) electrons. The third-order valence-electron chi connectivity index (χ3n) is 5.24. The Morgan fingerprint density at radius 2 is 2.07 bits per heavy atom. The van der Waals surface area contributed by atoms with E-state index in [0.717, 1.165) is 43.2 Å². The first kappa shape index (κ1) is 18.7. The predicted molar refractivity (Wildman–Crippen MR) is 107 cm³/mol. The number of aromatic nitrogens is 2. The topological polar surface area (TPSA) is 77.2 Å². The Balaban J connectivity index is 1.57. The van der Waals surface area contributed by atoms with Crippen LogP contribution in [-0.4, -0.2) is 23.2 Å². The average molecular weight is 398 g/mol. The largest absolute Gasteiger partial charge is 0.496 e. The number of ether oxygens (including phenoxy) is 1. The summed E-state index contributed by atoms with van der Waals surface area (Å²) in [5, 5.41) is 11.3. The quantitative estimate of drug-likeness (QED) is 0.670. The number of hydrogen-bond donors (Lipinski definition) is 1. The van der Waals surface area contributed by atoms with Crippen molar-refractivity contribution in [2.45, 2.75) is 44.1 Å². The number of carbonyl (C=O) groups excluding carboxylic acids is 1. The average Bonchev–Trinajstić information content (AvgIpc) is 3.41. The van der Waals surface area contributed by atoms with Crippen LogP contribution in [0.15, 0.2) is 45.6 Å². The number of hydrogen-bond acceptors (Lipinski definition) is 6. The number of amides is 1. The summed E-state index contributed by atoms with van der Waals surface area (Å²) in [6, 6.07) is 9.55. The van der Waals surface area contributed by atoms with E-state index in [0.29, 0.717) is 17.5 Å². The Hall–Kier alpha value is -2.67. The van der Waals surface area contributed by atoms with Crippen LogP contribution in [0.1, 0.15) is 43.6 Å². The SMILES string of the molecule is COc1ccccc1CC(=O)NC1(c2nc(-c3ccsc3)no2)CCCCC1. The van der Waals surface area contributed by atoms with Gasteiger partial charge in [0, 0.05) is 16.5 Å². The molecule has 0 unspecified atom stereocenters. The summed E-state index contributed by atoms with van der Waals surface area (Å²) < 4.78 is 11.0. The summed E-state index contributed by atoms with van der Waals surface area (Å²) in [7, 11) is 1.61. The highest BCUT2D eigenvalue weighted by atomic mass is 32.1. The van der Waals surface area contributed by atoms with Crippen molar-refractivity contribution >= 4 is 17.2 Å². The van der Waals surface area contributed by atoms with E-state index in [1.807, 2.05) is 41.1 Å². The monoisotopic (exact) mass is 397 g/mol. The molecule has 2 aromatic heterocycles. The Morgan fingerprint density at radius 3 is 2.82 bits per heavy atom. The maximum atomic E-state index is 12.9. The number of benzene rings is 1. The fourth-order valence-electron chi connectivity index (χ4n) is 3.81. The van der Waals surface area contributed by atoms with Crippen LogP contribution in [0.2, 0.25) is 0 Å². The second-order valence-corrected chi connectivity index (χ2v) is 7.89. The molecule has 3 aromatic rings. The zero-order valence-electron chi connectivity index (χ0n) is 15.8. The van der Waals surface area contributed by atoms with Crippen LogP contribution in [0.3, 0.4) is 0 Å². The zero-order chi connectivity index (χ0) is 19.4. The standard InChI is InChI=1S/C21H23N3O3S/c1-26-17-8-4-3-7-15(17)13-18(25)23-21(10-5-2-6-11-21)20-22-19(24-27-20)16-9-12-28-14-16/h3-4,7-9,12,14H,2,5-6,10-11,13H2,1H3,(H,23,25). The van der Waals surface area contributed by atoms with E-state index in [2.05, 4.69) is 15.5 Å². The molecule has 1 amide bonds. The van der Waals surface area contributed by atoms with Crippen molar-refractivity contribution in [1.82, 2.24) is 15.5 Å². The summed E-state index contributed by atoms with van der Waals surface area (Å²) in [6.07, 6.45) is 5.04. The van der Waals surface area contributed by atoms with Crippen LogP contribution < -0.4 is 10.1 Å². The normalized spacial score (nSPS) is 15.9. The number of carbonyl (C=O) groups is 1. The summed E-state index contributed by atoms with van der Waals surface area (Å²) in [6.45, 7) is 0. The third kappa shape index (κ3) is 3.80. The molecule has 7 heteroatoms. The van der Waals surface area contributed by atoms with E-state index in [1.54, 1.807) is 18.4 Å². The Kier molecular flexibility index (Phi) is 5.43. The molecule has 0 saturated heterocycles. The van der Waals surface area contributed by atoms with Gasteiger partial charge in [-0.3, -0.25) is 4.79 Å². The molecule has 1 aliphatic carbocycles. The van der Waals surface area contributed by atoms with Gasteiger partial charge in [0.25, 0.3) is 5.89 Å². The van der Waals surface area contributed by atoms with Crippen molar-refractivity contribution in [3.05, 3.63) is 52.5 Å². The van der Waals surface area contributed by atoms with E-state index < -0.39 is 5.54 Å². The maximum absolute atomic E-state index is 12.9. The lowest BCUT2D eigenvalue weighted by Crippen LogP contribution is -2.48. The molecule has 28 heavy (non-hydrogen) atoms. The Morgan fingerprint density at radius 1 is 1.25 bits per heavy atom. The number of nitrogens with one attached hydrogen (secondary N) is 1. The molecule has 1 aliphatic rings. The number of para-hydroxylation sites is 1. The molecule has 0 aliphatic heterocycles. The third-order valence-corrected chi connectivity index (χ3v) is 5.93. The van der Waals surface area contributed by atoms with Gasteiger partial charge in [-0.25, -0.2) is 0 Å². The van der Waals surface area contributed by atoms with E-state index in [1.165, 1.54) is 0 Å². The van der Waals surface area contributed by atoms with Gasteiger partial charge in [0.15, 0.2) is 0 Å². The molecule has 6 nitrogen and oxygen atoms in total.